The number of sulfonamides is 1. The van der Waals surface area contributed by atoms with Gasteiger partial charge in [-0.3, -0.25) is 0 Å². The van der Waals surface area contributed by atoms with Crippen LogP contribution in [-0.2, 0) is 22.3 Å². The molecule has 0 amide bonds. The lowest BCUT2D eigenvalue weighted by atomic mass is 10.1. The summed E-state index contributed by atoms with van der Waals surface area (Å²) >= 11 is 1.36. The van der Waals surface area contributed by atoms with Crippen LogP contribution in [0.5, 0.6) is 0 Å². The molecule has 0 saturated carbocycles. The van der Waals surface area contributed by atoms with Crippen molar-refractivity contribution in [3.63, 3.8) is 0 Å². The van der Waals surface area contributed by atoms with E-state index in [1.54, 1.807) is 18.2 Å². The molecule has 6 nitrogen and oxygen atoms in total. The van der Waals surface area contributed by atoms with Crippen LogP contribution in [0, 0.1) is 17.1 Å². The molecule has 2 N–H and O–H groups in total. The first kappa shape index (κ1) is 19.4. The molecule has 0 spiro atoms. The van der Waals surface area contributed by atoms with Gasteiger partial charge < -0.3 is 4.57 Å². The van der Waals surface area contributed by atoms with Crippen LogP contribution in [-0.4, -0.2) is 18.0 Å². The monoisotopic (exact) mass is 404 g/mol. The minimum absolute atomic E-state index is 0.00540. The van der Waals surface area contributed by atoms with E-state index in [1.165, 1.54) is 30.0 Å². The largest absolute Gasteiger partial charge is 0.319 e. The fourth-order valence-corrected chi connectivity index (χ4v) is 4.25. The highest BCUT2D eigenvalue weighted by atomic mass is 32.2. The molecule has 0 bridgehead atoms. The van der Waals surface area contributed by atoms with Crippen LogP contribution in [0.15, 0.2) is 46.5 Å². The Balaban J connectivity index is 1.95. The Morgan fingerprint density at radius 1 is 1.30 bits per heavy atom. The number of nitrogens with two attached hydrogens (primary N) is 1. The summed E-state index contributed by atoms with van der Waals surface area (Å²) in [7, 11) is -3.81. The lowest BCUT2D eigenvalue weighted by Crippen LogP contribution is -2.11. The molecule has 0 radical (unpaired) electrons. The molecule has 140 valence electrons. The van der Waals surface area contributed by atoms with Crippen molar-refractivity contribution in [2.45, 2.75) is 35.7 Å². The van der Waals surface area contributed by atoms with Gasteiger partial charge in [0.25, 0.3) is 0 Å². The van der Waals surface area contributed by atoms with Crippen molar-refractivity contribution >= 4 is 32.8 Å². The quantitative estimate of drug-likeness (QED) is 0.635. The maximum atomic E-state index is 14.1. The summed E-state index contributed by atoms with van der Waals surface area (Å²) in [5.41, 5.74) is 2.07. The summed E-state index contributed by atoms with van der Waals surface area (Å²) in [4.78, 5) is 4.52. The Labute approximate surface area is 160 Å². The van der Waals surface area contributed by atoms with E-state index in [4.69, 9.17) is 10.4 Å². The summed E-state index contributed by atoms with van der Waals surface area (Å²) < 4.78 is 39.2. The van der Waals surface area contributed by atoms with Crippen LogP contribution in [0.1, 0.15) is 24.5 Å². The molecular formula is C18H17FN4O2S2. The number of imidazole rings is 1. The number of primary sulfonamides is 1. The summed E-state index contributed by atoms with van der Waals surface area (Å²) in [6.07, 6.45) is 0.862. The Bertz CT molecular complexity index is 1150. The number of aromatic nitrogens is 2. The van der Waals surface area contributed by atoms with Crippen LogP contribution in [0.3, 0.4) is 0 Å². The van der Waals surface area contributed by atoms with Gasteiger partial charge in [0.1, 0.15) is 5.82 Å². The van der Waals surface area contributed by atoms with Crippen molar-refractivity contribution in [1.82, 2.24) is 9.55 Å². The Morgan fingerprint density at radius 2 is 2.07 bits per heavy atom. The number of rotatable bonds is 6. The molecule has 0 aliphatic rings. The van der Waals surface area contributed by atoms with Gasteiger partial charge in [0.2, 0.25) is 10.0 Å². The maximum absolute atomic E-state index is 14.1. The van der Waals surface area contributed by atoms with E-state index in [9.17, 15) is 12.8 Å². The topological polar surface area (TPSA) is 102 Å². The standard InChI is InChI=1S/C18H17FN4O2S2/c1-2-7-23-17-6-5-14(27(21,24)25)9-16(17)22-18(23)26-11-13-4-3-12(10-20)8-15(13)19/h3-6,8-9H,2,7,11H2,1H3,(H2,21,24,25). The first-order chi connectivity index (χ1) is 12.8. The molecule has 0 aliphatic carbocycles. The third kappa shape index (κ3) is 4.13. The fraction of sp³-hybridized carbons (Fsp3) is 0.222. The predicted molar refractivity (Wildman–Crippen MR) is 102 cm³/mol. The van der Waals surface area contributed by atoms with Gasteiger partial charge in [0.15, 0.2) is 5.16 Å². The smallest absolute Gasteiger partial charge is 0.238 e. The van der Waals surface area contributed by atoms with Crippen molar-refractivity contribution in [2.24, 2.45) is 5.14 Å². The number of halogens is 1. The Hall–Kier alpha value is -2.41. The van der Waals surface area contributed by atoms with E-state index >= 15 is 0 Å². The molecule has 0 saturated heterocycles. The Morgan fingerprint density at radius 3 is 2.70 bits per heavy atom. The van der Waals surface area contributed by atoms with Crippen LogP contribution < -0.4 is 5.14 Å². The van der Waals surface area contributed by atoms with Gasteiger partial charge in [-0.1, -0.05) is 24.8 Å². The zero-order valence-electron chi connectivity index (χ0n) is 14.5. The number of hydrogen-bond donors (Lipinski definition) is 1. The van der Waals surface area contributed by atoms with E-state index in [2.05, 4.69) is 4.98 Å². The molecule has 9 heteroatoms. The first-order valence-corrected chi connectivity index (χ1v) is 10.7. The molecule has 27 heavy (non-hydrogen) atoms. The van der Waals surface area contributed by atoms with E-state index in [0.29, 0.717) is 28.5 Å². The second kappa shape index (κ2) is 7.68. The molecule has 1 aromatic heterocycles. The van der Waals surface area contributed by atoms with Crippen LogP contribution in [0.25, 0.3) is 11.0 Å². The number of nitriles is 1. The van der Waals surface area contributed by atoms with Gasteiger partial charge >= 0.3 is 0 Å². The third-order valence-electron chi connectivity index (χ3n) is 4.00. The van der Waals surface area contributed by atoms with Gasteiger partial charge in [-0.15, -0.1) is 0 Å². The van der Waals surface area contributed by atoms with Gasteiger partial charge in [-0.25, -0.2) is 22.9 Å². The second-order valence-corrected chi connectivity index (χ2v) is 8.45. The highest BCUT2D eigenvalue weighted by Crippen LogP contribution is 2.29. The molecule has 2 aromatic carbocycles. The minimum Gasteiger partial charge on any atom is -0.319 e. The molecule has 0 atom stereocenters. The van der Waals surface area contributed by atoms with E-state index in [-0.39, 0.29) is 10.5 Å². The second-order valence-electron chi connectivity index (χ2n) is 5.95. The number of benzene rings is 2. The maximum Gasteiger partial charge on any atom is 0.238 e. The van der Waals surface area contributed by atoms with Gasteiger partial charge in [-0.05, 0) is 42.3 Å². The SMILES string of the molecule is CCCn1c(SCc2ccc(C#N)cc2F)nc2cc(S(N)(=O)=O)ccc21. The summed E-state index contributed by atoms with van der Waals surface area (Å²) in [5.74, 6) is -0.0942. The van der Waals surface area contributed by atoms with Gasteiger partial charge in [-0.2, -0.15) is 5.26 Å². The minimum atomic E-state index is -3.81. The number of nitrogens with zero attached hydrogens (tertiary/aromatic N) is 3. The van der Waals surface area contributed by atoms with Crippen LogP contribution >= 0.6 is 11.8 Å². The van der Waals surface area contributed by atoms with E-state index in [1.807, 2.05) is 17.6 Å². The summed E-state index contributed by atoms with van der Waals surface area (Å²) in [5, 5.41) is 14.7. The van der Waals surface area contributed by atoms with Crippen molar-refractivity contribution in [2.75, 3.05) is 0 Å². The first-order valence-electron chi connectivity index (χ1n) is 8.18. The molecular weight excluding hydrogens is 387 g/mol. The molecule has 1 heterocycles. The number of thioether (sulfide) groups is 1. The van der Waals surface area contributed by atoms with Crippen molar-refractivity contribution in [3.8, 4) is 6.07 Å². The highest BCUT2D eigenvalue weighted by Gasteiger charge is 2.15. The molecule has 3 rings (SSSR count). The lowest BCUT2D eigenvalue weighted by Gasteiger charge is -2.08. The number of hydrogen-bond acceptors (Lipinski definition) is 5. The Kier molecular flexibility index (Phi) is 5.51. The summed E-state index contributed by atoms with van der Waals surface area (Å²) in [6, 6.07) is 10.9. The van der Waals surface area contributed by atoms with Gasteiger partial charge in [0.05, 0.1) is 27.6 Å². The van der Waals surface area contributed by atoms with Crippen molar-refractivity contribution in [3.05, 3.63) is 53.3 Å². The van der Waals surface area contributed by atoms with Gasteiger partial charge in [0, 0.05) is 12.3 Å². The third-order valence-corrected chi connectivity index (χ3v) is 5.94. The molecule has 0 fully saturated rings. The molecule has 0 aliphatic heterocycles. The average molecular weight is 404 g/mol. The molecule has 3 aromatic rings. The van der Waals surface area contributed by atoms with Crippen LogP contribution in [0.4, 0.5) is 4.39 Å². The van der Waals surface area contributed by atoms with E-state index in [0.717, 1.165) is 11.9 Å². The highest BCUT2D eigenvalue weighted by molar-refractivity contribution is 7.98. The number of fused-ring (bicyclic) bond motifs is 1. The summed E-state index contributed by atoms with van der Waals surface area (Å²) in [6.45, 7) is 2.72. The zero-order valence-corrected chi connectivity index (χ0v) is 16.1. The predicted octanol–water partition coefficient (Wildman–Crippen LogP) is 3.40. The van der Waals surface area contributed by atoms with E-state index < -0.39 is 15.8 Å². The van der Waals surface area contributed by atoms with Crippen LogP contribution in [0.2, 0.25) is 0 Å². The molecule has 0 unspecified atom stereocenters. The fourth-order valence-electron chi connectivity index (χ4n) is 2.69. The lowest BCUT2D eigenvalue weighted by molar-refractivity contribution is 0.598. The average Bonchev–Trinajstić information content (AvgIpc) is 2.97. The normalized spacial score (nSPS) is 11.6. The van der Waals surface area contributed by atoms with Crippen molar-refractivity contribution in [1.29, 1.82) is 5.26 Å². The zero-order chi connectivity index (χ0) is 19.6. The van der Waals surface area contributed by atoms with Crippen molar-refractivity contribution < 1.29 is 12.8 Å². The number of aryl methyl sites for hydroxylation is 1.